The summed E-state index contributed by atoms with van der Waals surface area (Å²) in [7, 11) is 0. The van der Waals surface area contributed by atoms with Crippen LogP contribution in [0.3, 0.4) is 0 Å². The molecular formula is C21H26N6O2S2. The molecule has 1 atom stereocenters. The van der Waals surface area contributed by atoms with Crippen LogP contribution in [0, 0.1) is 20.8 Å². The van der Waals surface area contributed by atoms with E-state index in [0.29, 0.717) is 22.7 Å². The zero-order chi connectivity index (χ0) is 22.5. The van der Waals surface area contributed by atoms with E-state index in [1.807, 2.05) is 63.5 Å². The number of nitrogens with one attached hydrogen (secondary N) is 2. The van der Waals surface area contributed by atoms with Crippen molar-refractivity contribution in [2.75, 3.05) is 10.6 Å². The van der Waals surface area contributed by atoms with E-state index < -0.39 is 5.25 Å². The van der Waals surface area contributed by atoms with E-state index in [1.54, 1.807) is 0 Å². The van der Waals surface area contributed by atoms with Gasteiger partial charge in [-0.25, -0.2) is 4.98 Å². The van der Waals surface area contributed by atoms with Crippen molar-refractivity contribution in [3.05, 3.63) is 46.2 Å². The van der Waals surface area contributed by atoms with Gasteiger partial charge in [0.1, 0.15) is 5.82 Å². The number of carbonyl (C=O) groups excluding carboxylic acids is 2. The highest BCUT2D eigenvalue weighted by atomic mass is 32.2. The SMILES string of the molecule is CCn1c(CC(=O)Nc2ccccc2C)nnc1SC(C)C(=O)Nc1nc(C)c(C)s1. The molecule has 3 aromatic rings. The Morgan fingerprint density at radius 2 is 1.90 bits per heavy atom. The largest absolute Gasteiger partial charge is 0.325 e. The van der Waals surface area contributed by atoms with Crippen LogP contribution in [-0.4, -0.2) is 36.8 Å². The molecule has 0 radical (unpaired) electrons. The first-order valence-corrected chi connectivity index (χ1v) is 11.7. The number of aromatic nitrogens is 4. The number of hydrogen-bond donors (Lipinski definition) is 2. The number of thiazole rings is 1. The third-order valence-corrected chi connectivity index (χ3v) is 6.83. The molecule has 2 heterocycles. The summed E-state index contributed by atoms with van der Waals surface area (Å²) in [6.07, 6.45) is 0.105. The van der Waals surface area contributed by atoms with Gasteiger partial charge in [0.05, 0.1) is 17.4 Å². The van der Waals surface area contributed by atoms with Gasteiger partial charge in [-0.05, 0) is 46.2 Å². The summed E-state index contributed by atoms with van der Waals surface area (Å²) in [5.41, 5.74) is 2.69. The van der Waals surface area contributed by atoms with Crippen LogP contribution in [0.2, 0.25) is 0 Å². The predicted molar refractivity (Wildman–Crippen MR) is 125 cm³/mol. The lowest BCUT2D eigenvalue weighted by atomic mass is 10.2. The summed E-state index contributed by atoms with van der Waals surface area (Å²) in [4.78, 5) is 30.5. The highest BCUT2D eigenvalue weighted by molar-refractivity contribution is 8.00. The molecule has 0 bridgehead atoms. The Hall–Kier alpha value is -2.72. The Morgan fingerprint density at radius 1 is 1.16 bits per heavy atom. The maximum absolute atomic E-state index is 12.6. The van der Waals surface area contributed by atoms with Crippen LogP contribution in [0.15, 0.2) is 29.4 Å². The molecule has 1 aromatic carbocycles. The number of carbonyl (C=O) groups is 2. The lowest BCUT2D eigenvalue weighted by Gasteiger charge is -2.12. The Morgan fingerprint density at radius 3 is 2.55 bits per heavy atom. The molecule has 0 saturated carbocycles. The minimum atomic E-state index is -0.396. The number of amides is 2. The van der Waals surface area contributed by atoms with E-state index in [0.717, 1.165) is 21.8 Å². The average molecular weight is 459 g/mol. The van der Waals surface area contributed by atoms with Gasteiger partial charge in [0.15, 0.2) is 10.3 Å². The number of aryl methyl sites for hydroxylation is 3. The van der Waals surface area contributed by atoms with Crippen molar-refractivity contribution in [2.24, 2.45) is 0 Å². The van der Waals surface area contributed by atoms with Crippen LogP contribution in [-0.2, 0) is 22.6 Å². The normalized spacial score (nSPS) is 11.9. The fraction of sp³-hybridized carbons (Fsp3) is 0.381. The monoisotopic (exact) mass is 458 g/mol. The molecule has 2 aromatic heterocycles. The Labute approximate surface area is 189 Å². The smallest absolute Gasteiger partial charge is 0.239 e. The van der Waals surface area contributed by atoms with Gasteiger partial charge in [-0.1, -0.05) is 30.0 Å². The number of anilines is 2. The summed E-state index contributed by atoms with van der Waals surface area (Å²) < 4.78 is 1.86. The fourth-order valence-electron chi connectivity index (χ4n) is 2.85. The van der Waals surface area contributed by atoms with Gasteiger partial charge in [-0.2, -0.15) is 0 Å². The first kappa shape index (κ1) is 23.0. The molecule has 2 N–H and O–H groups in total. The third kappa shape index (κ3) is 5.71. The van der Waals surface area contributed by atoms with Crippen molar-refractivity contribution in [2.45, 2.75) is 58.0 Å². The second-order valence-corrected chi connectivity index (χ2v) is 9.60. The zero-order valence-electron chi connectivity index (χ0n) is 18.2. The minimum Gasteiger partial charge on any atom is -0.325 e. The maximum atomic E-state index is 12.6. The van der Waals surface area contributed by atoms with Gasteiger partial charge >= 0.3 is 0 Å². The van der Waals surface area contributed by atoms with Gasteiger partial charge in [-0.3, -0.25) is 9.59 Å². The summed E-state index contributed by atoms with van der Waals surface area (Å²) in [5.74, 6) is 0.256. The van der Waals surface area contributed by atoms with E-state index in [-0.39, 0.29) is 18.2 Å². The molecule has 0 aliphatic carbocycles. The Kier molecular flexibility index (Phi) is 7.45. The number of hydrogen-bond acceptors (Lipinski definition) is 7. The van der Waals surface area contributed by atoms with Crippen LogP contribution in [0.25, 0.3) is 0 Å². The highest BCUT2D eigenvalue weighted by Crippen LogP contribution is 2.26. The van der Waals surface area contributed by atoms with Crippen LogP contribution >= 0.6 is 23.1 Å². The molecule has 0 spiro atoms. The molecule has 0 saturated heterocycles. The van der Waals surface area contributed by atoms with Gasteiger partial charge in [0.25, 0.3) is 0 Å². The van der Waals surface area contributed by atoms with E-state index in [1.165, 1.54) is 23.1 Å². The van der Waals surface area contributed by atoms with E-state index in [4.69, 9.17) is 0 Å². The predicted octanol–water partition coefficient (Wildman–Crippen LogP) is 3.98. The summed E-state index contributed by atoms with van der Waals surface area (Å²) in [6.45, 7) is 10.2. The molecule has 3 rings (SSSR count). The minimum absolute atomic E-state index is 0.105. The van der Waals surface area contributed by atoms with Crippen molar-refractivity contribution >= 4 is 45.7 Å². The molecular weight excluding hydrogens is 432 g/mol. The number of nitrogens with zero attached hydrogens (tertiary/aromatic N) is 4. The second-order valence-electron chi connectivity index (χ2n) is 7.09. The lowest BCUT2D eigenvalue weighted by molar-refractivity contribution is -0.116. The first-order valence-electron chi connectivity index (χ1n) is 9.97. The van der Waals surface area contributed by atoms with Crippen LogP contribution < -0.4 is 10.6 Å². The molecule has 10 heteroatoms. The Balaban J connectivity index is 1.64. The summed E-state index contributed by atoms with van der Waals surface area (Å²) in [5, 5.41) is 15.0. The van der Waals surface area contributed by atoms with E-state index >= 15 is 0 Å². The van der Waals surface area contributed by atoms with Crippen LogP contribution in [0.1, 0.15) is 35.8 Å². The van der Waals surface area contributed by atoms with Gasteiger partial charge in [0, 0.05) is 17.1 Å². The number of rotatable bonds is 8. The molecule has 0 fully saturated rings. The molecule has 31 heavy (non-hydrogen) atoms. The Bertz CT molecular complexity index is 1070. The van der Waals surface area contributed by atoms with E-state index in [9.17, 15) is 9.59 Å². The molecule has 8 nitrogen and oxygen atoms in total. The highest BCUT2D eigenvalue weighted by Gasteiger charge is 2.22. The molecule has 1 unspecified atom stereocenters. The third-order valence-electron chi connectivity index (χ3n) is 4.76. The fourth-order valence-corrected chi connectivity index (χ4v) is 4.60. The zero-order valence-corrected chi connectivity index (χ0v) is 19.9. The summed E-state index contributed by atoms with van der Waals surface area (Å²) >= 11 is 2.77. The van der Waals surface area contributed by atoms with Crippen molar-refractivity contribution in [3.8, 4) is 0 Å². The molecule has 0 aliphatic heterocycles. The standard InChI is InChI=1S/C21H26N6O2S2/c1-6-27-17(11-18(28)23-16-10-8-7-9-12(16)2)25-26-21(27)31-15(5)19(29)24-20-22-13(3)14(4)30-20/h7-10,15H,6,11H2,1-5H3,(H,23,28)(H,22,24,29). The topological polar surface area (TPSA) is 102 Å². The first-order chi connectivity index (χ1) is 14.8. The molecule has 164 valence electrons. The van der Waals surface area contributed by atoms with Crippen molar-refractivity contribution in [1.29, 1.82) is 0 Å². The summed E-state index contributed by atoms with van der Waals surface area (Å²) in [6, 6.07) is 7.62. The van der Waals surface area contributed by atoms with Gasteiger partial charge in [-0.15, -0.1) is 21.5 Å². The van der Waals surface area contributed by atoms with Gasteiger partial charge < -0.3 is 15.2 Å². The number of thioether (sulfide) groups is 1. The van der Waals surface area contributed by atoms with Gasteiger partial charge in [0.2, 0.25) is 11.8 Å². The molecule has 0 aliphatic rings. The number of para-hydroxylation sites is 1. The van der Waals surface area contributed by atoms with Crippen LogP contribution in [0.5, 0.6) is 0 Å². The molecule has 2 amide bonds. The quantitative estimate of drug-likeness (QED) is 0.495. The van der Waals surface area contributed by atoms with Crippen molar-refractivity contribution in [1.82, 2.24) is 19.7 Å². The van der Waals surface area contributed by atoms with Crippen molar-refractivity contribution < 1.29 is 9.59 Å². The van der Waals surface area contributed by atoms with E-state index in [2.05, 4.69) is 25.8 Å². The lowest BCUT2D eigenvalue weighted by Crippen LogP contribution is -2.23. The van der Waals surface area contributed by atoms with Crippen LogP contribution in [0.4, 0.5) is 10.8 Å². The average Bonchev–Trinajstić information content (AvgIpc) is 3.25. The maximum Gasteiger partial charge on any atom is 0.239 e. The van der Waals surface area contributed by atoms with Crippen molar-refractivity contribution in [3.63, 3.8) is 0 Å². The number of benzene rings is 1. The second kappa shape index (κ2) is 10.1.